The highest BCUT2D eigenvalue weighted by atomic mass is 32.2. The van der Waals surface area contributed by atoms with Crippen LogP contribution in [-0.2, 0) is 14.8 Å². The van der Waals surface area contributed by atoms with Crippen molar-refractivity contribution in [3.05, 3.63) is 59.1 Å². The fraction of sp³-hybridized carbons (Fsp3) is 0.250. The van der Waals surface area contributed by atoms with Gasteiger partial charge >= 0.3 is 5.76 Å². The van der Waals surface area contributed by atoms with Crippen molar-refractivity contribution in [2.45, 2.75) is 24.8 Å². The average Bonchev–Trinajstić information content (AvgIpc) is 3.18. The third-order valence-corrected chi connectivity index (χ3v) is 5.90. The van der Waals surface area contributed by atoms with Gasteiger partial charge in [0.1, 0.15) is 11.8 Å². The molecule has 0 saturated heterocycles. The van der Waals surface area contributed by atoms with Gasteiger partial charge in [-0.05, 0) is 42.3 Å². The molecule has 0 aliphatic heterocycles. The van der Waals surface area contributed by atoms with E-state index >= 15 is 0 Å². The zero-order valence-electron chi connectivity index (χ0n) is 17.1. The number of methoxy groups -OCH3 is 1. The summed E-state index contributed by atoms with van der Waals surface area (Å²) in [4.78, 5) is 26.5. The second-order valence-electron chi connectivity index (χ2n) is 7.03. The van der Waals surface area contributed by atoms with Gasteiger partial charge in [0.15, 0.2) is 5.82 Å². The molecule has 1 amide bonds. The number of aromatic amines is 1. The Morgan fingerprint density at radius 3 is 2.45 bits per heavy atom. The molecule has 164 valence electrons. The molecule has 0 fully saturated rings. The molecule has 0 unspecified atom stereocenters. The monoisotopic (exact) mass is 446 g/mol. The number of hydrogen-bond acceptors (Lipinski definition) is 7. The zero-order valence-corrected chi connectivity index (χ0v) is 17.9. The smallest absolute Gasteiger partial charge is 0.439 e. The number of benzene rings is 2. The van der Waals surface area contributed by atoms with E-state index in [1.807, 2.05) is 0 Å². The molecule has 2 aromatic carbocycles. The number of sulfonamides is 1. The Kier molecular flexibility index (Phi) is 6.56. The SMILES string of the molecule is COc1ccc(S(=O)(=O)N[C@H](C(=O)Nc2cccc(-c3noc(=O)[nH]3)c2)C(C)C)cc1. The largest absolute Gasteiger partial charge is 0.497 e. The summed E-state index contributed by atoms with van der Waals surface area (Å²) in [5.41, 5.74) is 0.921. The van der Waals surface area contributed by atoms with Crippen LogP contribution in [0, 0.1) is 5.92 Å². The highest BCUT2D eigenvalue weighted by Gasteiger charge is 2.28. The molecule has 11 heteroatoms. The number of H-pyrrole nitrogens is 1. The van der Waals surface area contributed by atoms with Gasteiger partial charge in [-0.15, -0.1) is 0 Å². The van der Waals surface area contributed by atoms with Crippen LogP contribution in [0.1, 0.15) is 13.8 Å². The van der Waals surface area contributed by atoms with E-state index in [4.69, 9.17) is 4.74 Å². The predicted octanol–water partition coefficient (Wildman–Crippen LogP) is 1.98. The summed E-state index contributed by atoms with van der Waals surface area (Å²) in [5, 5.41) is 6.30. The van der Waals surface area contributed by atoms with Gasteiger partial charge in [0, 0.05) is 11.3 Å². The molecule has 10 nitrogen and oxygen atoms in total. The fourth-order valence-corrected chi connectivity index (χ4v) is 4.14. The van der Waals surface area contributed by atoms with Crippen LogP contribution in [0.15, 0.2) is 62.7 Å². The summed E-state index contributed by atoms with van der Waals surface area (Å²) < 4.78 is 37.5. The first kappa shape index (κ1) is 22.2. The van der Waals surface area contributed by atoms with E-state index < -0.39 is 27.7 Å². The quantitative estimate of drug-likeness (QED) is 0.480. The number of nitrogens with one attached hydrogen (secondary N) is 3. The normalized spacial score (nSPS) is 12.5. The Morgan fingerprint density at radius 1 is 1.16 bits per heavy atom. The van der Waals surface area contributed by atoms with E-state index in [-0.39, 0.29) is 16.6 Å². The zero-order chi connectivity index (χ0) is 22.6. The Morgan fingerprint density at radius 2 is 1.87 bits per heavy atom. The van der Waals surface area contributed by atoms with Crippen molar-refractivity contribution < 1.29 is 22.5 Å². The number of nitrogens with zero attached hydrogens (tertiary/aromatic N) is 1. The second-order valence-corrected chi connectivity index (χ2v) is 8.75. The van der Waals surface area contributed by atoms with Crippen molar-refractivity contribution in [2.75, 3.05) is 12.4 Å². The summed E-state index contributed by atoms with van der Waals surface area (Å²) in [6.45, 7) is 3.47. The van der Waals surface area contributed by atoms with Gasteiger partial charge in [-0.25, -0.2) is 13.2 Å². The molecule has 1 aromatic heterocycles. The Bertz CT molecular complexity index is 1210. The summed E-state index contributed by atoms with van der Waals surface area (Å²) in [6.07, 6.45) is 0. The molecule has 3 rings (SSSR count). The van der Waals surface area contributed by atoms with Crippen LogP contribution < -0.4 is 20.5 Å². The Hall–Kier alpha value is -3.44. The first-order valence-electron chi connectivity index (χ1n) is 9.33. The van der Waals surface area contributed by atoms with E-state index in [1.165, 1.54) is 31.4 Å². The van der Waals surface area contributed by atoms with Crippen LogP contribution in [0.3, 0.4) is 0 Å². The van der Waals surface area contributed by atoms with E-state index in [9.17, 15) is 18.0 Å². The molecular weight excluding hydrogens is 424 g/mol. The van der Waals surface area contributed by atoms with E-state index in [0.717, 1.165) is 0 Å². The fourth-order valence-electron chi connectivity index (χ4n) is 2.80. The number of ether oxygens (including phenoxy) is 1. The number of rotatable bonds is 8. The summed E-state index contributed by atoms with van der Waals surface area (Å²) in [7, 11) is -2.46. The van der Waals surface area contributed by atoms with Gasteiger partial charge in [-0.3, -0.25) is 14.3 Å². The lowest BCUT2D eigenvalue weighted by Gasteiger charge is -2.22. The summed E-state index contributed by atoms with van der Waals surface area (Å²) >= 11 is 0. The molecule has 0 spiro atoms. The van der Waals surface area contributed by atoms with Gasteiger partial charge in [-0.2, -0.15) is 4.72 Å². The van der Waals surface area contributed by atoms with E-state index in [1.54, 1.807) is 38.1 Å². The Labute approximate surface area is 178 Å². The van der Waals surface area contributed by atoms with E-state index in [0.29, 0.717) is 17.0 Å². The van der Waals surface area contributed by atoms with Crippen molar-refractivity contribution in [1.29, 1.82) is 0 Å². The van der Waals surface area contributed by atoms with Crippen LogP contribution in [0.2, 0.25) is 0 Å². The molecule has 1 heterocycles. The number of carbonyl (C=O) groups is 1. The van der Waals surface area contributed by atoms with Crippen LogP contribution in [0.25, 0.3) is 11.4 Å². The highest BCUT2D eigenvalue weighted by Crippen LogP contribution is 2.20. The molecule has 0 saturated carbocycles. The minimum absolute atomic E-state index is 0.0173. The number of carbonyl (C=O) groups excluding carboxylic acids is 1. The molecule has 1 atom stereocenters. The number of anilines is 1. The maximum atomic E-state index is 12.9. The predicted molar refractivity (Wildman–Crippen MR) is 113 cm³/mol. The third kappa shape index (κ3) is 5.38. The van der Waals surface area contributed by atoms with Crippen LogP contribution >= 0.6 is 0 Å². The number of hydrogen-bond donors (Lipinski definition) is 3. The van der Waals surface area contributed by atoms with Gasteiger partial charge in [0.2, 0.25) is 15.9 Å². The highest BCUT2D eigenvalue weighted by molar-refractivity contribution is 7.89. The maximum Gasteiger partial charge on any atom is 0.439 e. The van der Waals surface area contributed by atoms with Crippen LogP contribution in [0.5, 0.6) is 5.75 Å². The van der Waals surface area contributed by atoms with Gasteiger partial charge in [0.25, 0.3) is 0 Å². The first-order valence-corrected chi connectivity index (χ1v) is 10.8. The lowest BCUT2D eigenvalue weighted by atomic mass is 10.0. The van der Waals surface area contributed by atoms with Crippen molar-refractivity contribution in [1.82, 2.24) is 14.9 Å². The number of amides is 1. The third-order valence-electron chi connectivity index (χ3n) is 4.44. The van der Waals surface area contributed by atoms with Crippen molar-refractivity contribution in [3.63, 3.8) is 0 Å². The lowest BCUT2D eigenvalue weighted by molar-refractivity contribution is -0.118. The minimum atomic E-state index is -3.94. The molecule has 31 heavy (non-hydrogen) atoms. The molecule has 0 aliphatic rings. The van der Waals surface area contributed by atoms with Crippen molar-refractivity contribution in [2.24, 2.45) is 5.92 Å². The molecule has 0 aliphatic carbocycles. The van der Waals surface area contributed by atoms with Gasteiger partial charge < -0.3 is 10.1 Å². The minimum Gasteiger partial charge on any atom is -0.497 e. The topological polar surface area (TPSA) is 143 Å². The van der Waals surface area contributed by atoms with Crippen molar-refractivity contribution in [3.8, 4) is 17.1 Å². The first-order chi connectivity index (χ1) is 14.7. The molecule has 0 bridgehead atoms. The summed E-state index contributed by atoms with van der Waals surface area (Å²) in [5.74, 6) is -0.828. The maximum absolute atomic E-state index is 12.9. The Balaban J connectivity index is 1.78. The van der Waals surface area contributed by atoms with Crippen molar-refractivity contribution >= 4 is 21.6 Å². The lowest BCUT2D eigenvalue weighted by Crippen LogP contribution is -2.47. The second kappa shape index (κ2) is 9.14. The molecule has 0 radical (unpaired) electrons. The molecule has 3 N–H and O–H groups in total. The standard InChI is InChI=1S/C20H22N4O6S/c1-12(2)17(24-31(27,28)16-9-7-15(29-3)8-10-16)19(25)21-14-6-4-5-13(11-14)18-22-20(26)30-23-18/h4-12,17,24H,1-3H3,(H,21,25)(H,22,23,26)/t17-/m0/s1. The van der Waals surface area contributed by atoms with Gasteiger partial charge in [-0.1, -0.05) is 31.1 Å². The number of aromatic nitrogens is 2. The van der Waals surface area contributed by atoms with E-state index in [2.05, 4.69) is 24.7 Å². The molecule has 3 aromatic rings. The van der Waals surface area contributed by atoms with Crippen LogP contribution in [0.4, 0.5) is 5.69 Å². The summed E-state index contributed by atoms with van der Waals surface area (Å²) in [6, 6.07) is 11.4. The van der Waals surface area contributed by atoms with Gasteiger partial charge in [0.05, 0.1) is 12.0 Å². The van der Waals surface area contributed by atoms with Crippen LogP contribution in [-0.4, -0.2) is 37.6 Å². The average molecular weight is 446 g/mol. The molecular formula is C20H22N4O6S.